The molecule has 0 bridgehead atoms. The molecule has 0 amide bonds. The number of aryl methyl sites for hydroxylation is 1. The predicted octanol–water partition coefficient (Wildman–Crippen LogP) is 3.18. The van der Waals surface area contributed by atoms with Crippen LogP contribution in [0.5, 0.6) is 0 Å². The zero-order valence-corrected chi connectivity index (χ0v) is 12.4. The van der Waals surface area contributed by atoms with Gasteiger partial charge in [0.2, 0.25) is 0 Å². The number of methoxy groups -OCH3 is 1. The molecular formula is C16H24N2O. The second-order valence-corrected chi connectivity index (χ2v) is 5.65. The fraction of sp³-hybridized carbons (Fsp3) is 0.500. The van der Waals surface area contributed by atoms with E-state index in [9.17, 15) is 0 Å². The molecule has 3 heteroatoms. The molecule has 1 aromatic heterocycles. The van der Waals surface area contributed by atoms with Crippen molar-refractivity contribution < 1.29 is 4.74 Å². The van der Waals surface area contributed by atoms with Crippen molar-refractivity contribution in [3.63, 3.8) is 0 Å². The van der Waals surface area contributed by atoms with Gasteiger partial charge in [0.05, 0.1) is 5.60 Å². The highest BCUT2D eigenvalue weighted by atomic mass is 16.5. The molecule has 0 aliphatic rings. The van der Waals surface area contributed by atoms with E-state index in [1.807, 2.05) is 7.05 Å². The summed E-state index contributed by atoms with van der Waals surface area (Å²) in [6, 6.07) is 8.84. The van der Waals surface area contributed by atoms with Gasteiger partial charge in [-0.25, -0.2) is 0 Å². The highest BCUT2D eigenvalue weighted by Crippen LogP contribution is 2.20. The first-order valence-electron chi connectivity index (χ1n) is 6.83. The Bertz CT molecular complexity index is 543. The van der Waals surface area contributed by atoms with Crippen LogP contribution in [0.15, 0.2) is 30.5 Å². The first-order chi connectivity index (χ1) is 9.05. The quantitative estimate of drug-likeness (QED) is 0.863. The van der Waals surface area contributed by atoms with Gasteiger partial charge in [-0.1, -0.05) is 6.07 Å². The molecule has 1 heterocycles. The number of hydrogen-bond acceptors (Lipinski definition) is 2. The number of benzene rings is 1. The van der Waals surface area contributed by atoms with Crippen molar-refractivity contribution in [3.05, 3.63) is 36.0 Å². The predicted molar refractivity (Wildman–Crippen MR) is 80.4 cm³/mol. The minimum Gasteiger partial charge on any atom is -0.379 e. The van der Waals surface area contributed by atoms with E-state index in [2.05, 4.69) is 54.2 Å². The zero-order chi connectivity index (χ0) is 13.9. The number of rotatable bonds is 6. The summed E-state index contributed by atoms with van der Waals surface area (Å²) in [5, 5.41) is 4.49. The van der Waals surface area contributed by atoms with Crippen LogP contribution < -0.4 is 5.32 Å². The van der Waals surface area contributed by atoms with Gasteiger partial charge in [0.15, 0.2) is 0 Å². The molecule has 0 saturated carbocycles. The topological polar surface area (TPSA) is 26.2 Å². The average molecular weight is 260 g/mol. The van der Waals surface area contributed by atoms with Gasteiger partial charge in [0.1, 0.15) is 0 Å². The second-order valence-electron chi connectivity index (χ2n) is 5.65. The Hall–Kier alpha value is -1.32. The van der Waals surface area contributed by atoms with Crippen molar-refractivity contribution in [2.45, 2.75) is 39.0 Å². The van der Waals surface area contributed by atoms with Gasteiger partial charge in [-0.05, 0) is 56.5 Å². The van der Waals surface area contributed by atoms with Crippen molar-refractivity contribution in [1.29, 1.82) is 0 Å². The smallest absolute Gasteiger partial charge is 0.0639 e. The molecule has 0 aliphatic carbocycles. The molecule has 1 aromatic carbocycles. The largest absolute Gasteiger partial charge is 0.379 e. The number of aromatic nitrogens is 1. The fourth-order valence-corrected chi connectivity index (χ4v) is 2.25. The molecule has 3 nitrogen and oxygen atoms in total. The summed E-state index contributed by atoms with van der Waals surface area (Å²) in [5.74, 6) is 0. The second kappa shape index (κ2) is 5.76. The van der Waals surface area contributed by atoms with Gasteiger partial charge in [-0.2, -0.15) is 0 Å². The number of ether oxygens (including phenoxy) is 1. The lowest BCUT2D eigenvalue weighted by Crippen LogP contribution is -2.24. The molecule has 19 heavy (non-hydrogen) atoms. The molecule has 1 N–H and O–H groups in total. The van der Waals surface area contributed by atoms with Crippen molar-refractivity contribution in [3.8, 4) is 0 Å². The third-order valence-corrected chi connectivity index (χ3v) is 3.72. The molecule has 0 atom stereocenters. The van der Waals surface area contributed by atoms with Crippen molar-refractivity contribution in [2.24, 2.45) is 0 Å². The summed E-state index contributed by atoms with van der Waals surface area (Å²) in [7, 11) is 3.75. The van der Waals surface area contributed by atoms with Gasteiger partial charge in [-0.3, -0.25) is 0 Å². The van der Waals surface area contributed by atoms with E-state index in [-0.39, 0.29) is 5.60 Å². The average Bonchev–Trinajstić information content (AvgIpc) is 2.79. The summed E-state index contributed by atoms with van der Waals surface area (Å²) >= 11 is 0. The van der Waals surface area contributed by atoms with Crippen LogP contribution in [0.25, 0.3) is 10.9 Å². The van der Waals surface area contributed by atoms with Gasteiger partial charge in [-0.15, -0.1) is 0 Å². The van der Waals surface area contributed by atoms with E-state index < -0.39 is 0 Å². The molecule has 0 spiro atoms. The lowest BCUT2D eigenvalue weighted by Gasteiger charge is -2.23. The number of nitrogens with zero attached hydrogens (tertiary/aromatic N) is 1. The maximum atomic E-state index is 5.48. The van der Waals surface area contributed by atoms with Crippen LogP contribution in [0.3, 0.4) is 0 Å². The molecule has 2 rings (SSSR count). The van der Waals surface area contributed by atoms with Crippen LogP contribution in [-0.4, -0.2) is 24.3 Å². The molecule has 0 aliphatic heterocycles. The van der Waals surface area contributed by atoms with E-state index in [4.69, 9.17) is 4.74 Å². The Morgan fingerprint density at radius 3 is 2.74 bits per heavy atom. The van der Waals surface area contributed by atoms with E-state index in [0.29, 0.717) is 0 Å². The van der Waals surface area contributed by atoms with Gasteiger partial charge < -0.3 is 14.6 Å². The summed E-state index contributed by atoms with van der Waals surface area (Å²) in [6.45, 7) is 6.15. The minimum absolute atomic E-state index is 0.0668. The third-order valence-electron chi connectivity index (χ3n) is 3.72. The summed E-state index contributed by atoms with van der Waals surface area (Å²) < 4.78 is 7.78. The standard InChI is InChI=1S/C16H24N2O/c1-16(2,19-4)8-10-18-9-7-14-11-13(12-17-3)5-6-15(14)18/h5-7,9,11,17H,8,10,12H2,1-4H3. The van der Waals surface area contributed by atoms with Crippen molar-refractivity contribution in [1.82, 2.24) is 9.88 Å². The summed E-state index contributed by atoms with van der Waals surface area (Å²) in [5.41, 5.74) is 2.56. The Kier molecular flexibility index (Phi) is 4.27. The van der Waals surface area contributed by atoms with Gasteiger partial charge >= 0.3 is 0 Å². The Balaban J connectivity index is 2.17. The fourth-order valence-electron chi connectivity index (χ4n) is 2.25. The van der Waals surface area contributed by atoms with E-state index >= 15 is 0 Å². The van der Waals surface area contributed by atoms with Crippen molar-refractivity contribution in [2.75, 3.05) is 14.2 Å². The van der Waals surface area contributed by atoms with Gasteiger partial charge in [0, 0.05) is 31.9 Å². The molecule has 0 unspecified atom stereocenters. The monoisotopic (exact) mass is 260 g/mol. The third kappa shape index (κ3) is 3.37. The highest BCUT2D eigenvalue weighted by molar-refractivity contribution is 5.80. The Morgan fingerprint density at radius 2 is 2.05 bits per heavy atom. The first kappa shape index (κ1) is 14.1. The van der Waals surface area contributed by atoms with Crippen LogP contribution >= 0.6 is 0 Å². The van der Waals surface area contributed by atoms with E-state index in [1.54, 1.807) is 7.11 Å². The van der Waals surface area contributed by atoms with E-state index in [0.717, 1.165) is 19.5 Å². The van der Waals surface area contributed by atoms with Crippen LogP contribution in [0.4, 0.5) is 0 Å². The molecule has 2 aromatic rings. The summed E-state index contributed by atoms with van der Waals surface area (Å²) in [6.07, 6.45) is 3.17. The molecule has 0 radical (unpaired) electrons. The van der Waals surface area contributed by atoms with Crippen LogP contribution in [0.1, 0.15) is 25.8 Å². The van der Waals surface area contributed by atoms with Crippen LogP contribution in [0.2, 0.25) is 0 Å². The molecule has 0 saturated heterocycles. The Morgan fingerprint density at radius 1 is 1.26 bits per heavy atom. The Labute approximate surface area is 115 Å². The maximum absolute atomic E-state index is 5.48. The lowest BCUT2D eigenvalue weighted by molar-refractivity contribution is 0.0123. The van der Waals surface area contributed by atoms with Crippen LogP contribution in [-0.2, 0) is 17.8 Å². The number of fused-ring (bicyclic) bond motifs is 1. The van der Waals surface area contributed by atoms with Gasteiger partial charge in [0.25, 0.3) is 0 Å². The zero-order valence-electron chi connectivity index (χ0n) is 12.4. The number of hydrogen-bond donors (Lipinski definition) is 1. The lowest BCUT2D eigenvalue weighted by atomic mass is 10.1. The SMILES string of the molecule is CNCc1ccc2c(ccn2CCC(C)(C)OC)c1. The van der Waals surface area contributed by atoms with E-state index in [1.165, 1.54) is 16.5 Å². The maximum Gasteiger partial charge on any atom is 0.0639 e. The normalized spacial score (nSPS) is 12.2. The molecule has 104 valence electrons. The minimum atomic E-state index is -0.0668. The first-order valence-corrected chi connectivity index (χ1v) is 6.83. The molecular weight excluding hydrogens is 236 g/mol. The highest BCUT2D eigenvalue weighted by Gasteiger charge is 2.16. The summed E-state index contributed by atoms with van der Waals surface area (Å²) in [4.78, 5) is 0. The number of nitrogens with one attached hydrogen (secondary N) is 1. The molecule has 0 fully saturated rings. The van der Waals surface area contributed by atoms with Crippen molar-refractivity contribution >= 4 is 10.9 Å². The van der Waals surface area contributed by atoms with Crippen LogP contribution in [0, 0.1) is 0 Å².